The molecule has 0 atom stereocenters. The molecule has 78 valence electrons. The number of hydrogen-bond acceptors (Lipinski definition) is 2. The molecule has 0 aromatic heterocycles. The van der Waals surface area contributed by atoms with Crippen molar-refractivity contribution < 1.29 is 4.79 Å². The zero-order valence-electron chi connectivity index (χ0n) is 8.89. The van der Waals surface area contributed by atoms with Gasteiger partial charge in [-0.25, -0.2) is 0 Å². The third-order valence-electron chi connectivity index (χ3n) is 2.73. The molecule has 0 heterocycles. The first-order valence-electron chi connectivity index (χ1n) is 4.99. The summed E-state index contributed by atoms with van der Waals surface area (Å²) in [5.41, 5.74) is 4.69. The molecule has 3 heteroatoms. The summed E-state index contributed by atoms with van der Waals surface area (Å²) in [7, 11) is 0. The van der Waals surface area contributed by atoms with E-state index in [2.05, 4.69) is 11.2 Å². The van der Waals surface area contributed by atoms with Crippen molar-refractivity contribution in [1.29, 1.82) is 0 Å². The second kappa shape index (κ2) is 3.62. The summed E-state index contributed by atoms with van der Waals surface area (Å²) < 4.78 is 0. The van der Waals surface area contributed by atoms with Gasteiger partial charge in [-0.2, -0.15) is 0 Å². The molecule has 1 saturated carbocycles. The van der Waals surface area contributed by atoms with Gasteiger partial charge in [-0.15, -0.1) is 6.42 Å². The van der Waals surface area contributed by atoms with Crippen molar-refractivity contribution >= 4 is 5.91 Å². The summed E-state index contributed by atoms with van der Waals surface area (Å²) in [6.07, 6.45) is 8.87. The van der Waals surface area contributed by atoms with Crippen LogP contribution in [0.1, 0.15) is 39.5 Å². The summed E-state index contributed by atoms with van der Waals surface area (Å²) in [6.45, 7) is 3.59. The first-order valence-corrected chi connectivity index (χ1v) is 4.99. The highest BCUT2D eigenvalue weighted by atomic mass is 16.2. The minimum Gasteiger partial charge on any atom is -0.339 e. The van der Waals surface area contributed by atoms with Crippen molar-refractivity contribution in [2.75, 3.05) is 0 Å². The minimum absolute atomic E-state index is 0.113. The van der Waals surface area contributed by atoms with E-state index in [1.807, 2.05) is 0 Å². The van der Waals surface area contributed by atoms with Gasteiger partial charge in [0.1, 0.15) is 0 Å². The van der Waals surface area contributed by atoms with Crippen LogP contribution < -0.4 is 11.1 Å². The average molecular weight is 194 g/mol. The van der Waals surface area contributed by atoms with E-state index in [0.29, 0.717) is 0 Å². The van der Waals surface area contributed by atoms with Crippen LogP contribution in [0.4, 0.5) is 0 Å². The number of nitrogens with two attached hydrogens (primary N) is 1. The monoisotopic (exact) mass is 194 g/mol. The van der Waals surface area contributed by atoms with Gasteiger partial charge in [0.2, 0.25) is 5.91 Å². The van der Waals surface area contributed by atoms with Crippen molar-refractivity contribution in [2.24, 2.45) is 5.73 Å². The van der Waals surface area contributed by atoms with E-state index in [9.17, 15) is 4.79 Å². The fourth-order valence-corrected chi connectivity index (χ4v) is 1.68. The standard InChI is InChI=1S/C11H18N2O/c1-4-10(2,3)13-9(14)11(12)7-5-6-8-11/h1H,5-8,12H2,2-3H3,(H,13,14). The molecular formula is C11H18N2O. The fraction of sp³-hybridized carbons (Fsp3) is 0.727. The molecule has 1 rings (SSSR count). The Morgan fingerprint density at radius 1 is 1.50 bits per heavy atom. The van der Waals surface area contributed by atoms with E-state index in [0.717, 1.165) is 25.7 Å². The van der Waals surface area contributed by atoms with Crippen LogP contribution in [0.3, 0.4) is 0 Å². The van der Waals surface area contributed by atoms with Crippen LogP contribution in [-0.2, 0) is 4.79 Å². The highest BCUT2D eigenvalue weighted by molar-refractivity contribution is 5.87. The van der Waals surface area contributed by atoms with Gasteiger partial charge in [0.25, 0.3) is 0 Å². The van der Waals surface area contributed by atoms with Crippen molar-refractivity contribution in [3.05, 3.63) is 0 Å². The number of terminal acetylenes is 1. The topological polar surface area (TPSA) is 55.1 Å². The van der Waals surface area contributed by atoms with Gasteiger partial charge < -0.3 is 11.1 Å². The molecule has 0 aliphatic heterocycles. The van der Waals surface area contributed by atoms with E-state index in [1.54, 1.807) is 13.8 Å². The fourth-order valence-electron chi connectivity index (χ4n) is 1.68. The molecule has 0 aromatic rings. The van der Waals surface area contributed by atoms with E-state index in [-0.39, 0.29) is 5.91 Å². The average Bonchev–Trinajstić information content (AvgIpc) is 2.53. The number of rotatable bonds is 2. The Bertz CT molecular complexity index is 270. The summed E-state index contributed by atoms with van der Waals surface area (Å²) in [4.78, 5) is 11.8. The van der Waals surface area contributed by atoms with Crippen LogP contribution >= 0.6 is 0 Å². The van der Waals surface area contributed by atoms with Gasteiger partial charge in [0.05, 0.1) is 11.1 Å². The molecular weight excluding hydrogens is 176 g/mol. The summed E-state index contributed by atoms with van der Waals surface area (Å²) in [5, 5.41) is 2.79. The zero-order chi connectivity index (χ0) is 10.8. The lowest BCUT2D eigenvalue weighted by Crippen LogP contribution is -2.57. The van der Waals surface area contributed by atoms with Gasteiger partial charge in [0.15, 0.2) is 0 Å². The Morgan fingerprint density at radius 3 is 2.43 bits per heavy atom. The highest BCUT2D eigenvalue weighted by Crippen LogP contribution is 2.27. The van der Waals surface area contributed by atoms with E-state index >= 15 is 0 Å². The highest BCUT2D eigenvalue weighted by Gasteiger charge is 2.38. The molecule has 14 heavy (non-hydrogen) atoms. The van der Waals surface area contributed by atoms with Gasteiger partial charge in [0, 0.05) is 0 Å². The predicted octanol–water partition coefficient (Wildman–Crippen LogP) is 0.786. The zero-order valence-corrected chi connectivity index (χ0v) is 8.89. The van der Waals surface area contributed by atoms with E-state index in [1.165, 1.54) is 0 Å². The molecule has 0 bridgehead atoms. The molecule has 0 unspecified atom stereocenters. The van der Waals surface area contributed by atoms with Crippen molar-refractivity contribution in [1.82, 2.24) is 5.32 Å². The molecule has 1 fully saturated rings. The van der Waals surface area contributed by atoms with Crippen LogP contribution in [0.5, 0.6) is 0 Å². The van der Waals surface area contributed by atoms with Crippen LogP contribution in [0.2, 0.25) is 0 Å². The van der Waals surface area contributed by atoms with E-state index < -0.39 is 11.1 Å². The van der Waals surface area contributed by atoms with Gasteiger partial charge in [-0.05, 0) is 26.7 Å². The molecule has 0 saturated heterocycles. The van der Waals surface area contributed by atoms with Crippen molar-refractivity contribution in [2.45, 2.75) is 50.6 Å². The largest absolute Gasteiger partial charge is 0.339 e. The normalized spacial score (nSPS) is 20.1. The van der Waals surface area contributed by atoms with Gasteiger partial charge in [-0.3, -0.25) is 4.79 Å². The maximum atomic E-state index is 11.8. The summed E-state index contributed by atoms with van der Waals surface area (Å²) in [6, 6.07) is 0. The van der Waals surface area contributed by atoms with Crippen molar-refractivity contribution in [3.63, 3.8) is 0 Å². The first kappa shape index (κ1) is 11.1. The van der Waals surface area contributed by atoms with Crippen LogP contribution in [0, 0.1) is 12.3 Å². The van der Waals surface area contributed by atoms with Crippen molar-refractivity contribution in [3.8, 4) is 12.3 Å². The second-order valence-electron chi connectivity index (χ2n) is 4.59. The quantitative estimate of drug-likeness (QED) is 0.638. The molecule has 1 aliphatic carbocycles. The minimum atomic E-state index is -0.686. The van der Waals surface area contributed by atoms with Crippen LogP contribution in [-0.4, -0.2) is 17.0 Å². The summed E-state index contributed by atoms with van der Waals surface area (Å²) in [5.74, 6) is 2.41. The molecule has 0 aromatic carbocycles. The lowest BCUT2D eigenvalue weighted by molar-refractivity contribution is -0.127. The lowest BCUT2D eigenvalue weighted by atomic mass is 9.96. The number of nitrogens with one attached hydrogen (secondary N) is 1. The third-order valence-corrected chi connectivity index (χ3v) is 2.73. The Balaban J connectivity index is 2.63. The second-order valence-corrected chi connectivity index (χ2v) is 4.59. The first-order chi connectivity index (χ1) is 6.40. The molecule has 1 aliphatic rings. The Morgan fingerprint density at radius 2 is 2.00 bits per heavy atom. The Hall–Kier alpha value is -1.01. The SMILES string of the molecule is C#CC(C)(C)NC(=O)C1(N)CCCC1. The Labute approximate surface area is 85.4 Å². The number of carbonyl (C=O) groups excluding carboxylic acids is 1. The predicted molar refractivity (Wildman–Crippen MR) is 56.4 cm³/mol. The molecule has 0 radical (unpaired) electrons. The molecule has 0 spiro atoms. The number of carbonyl (C=O) groups is 1. The molecule has 1 amide bonds. The molecule has 3 nitrogen and oxygen atoms in total. The van der Waals surface area contributed by atoms with Crippen LogP contribution in [0.25, 0.3) is 0 Å². The van der Waals surface area contributed by atoms with Crippen LogP contribution in [0.15, 0.2) is 0 Å². The molecule has 3 N–H and O–H groups in total. The smallest absolute Gasteiger partial charge is 0.241 e. The lowest BCUT2D eigenvalue weighted by Gasteiger charge is -2.28. The summed E-state index contributed by atoms with van der Waals surface area (Å²) >= 11 is 0. The maximum absolute atomic E-state index is 11.8. The third kappa shape index (κ3) is 2.27. The maximum Gasteiger partial charge on any atom is 0.241 e. The van der Waals surface area contributed by atoms with E-state index in [4.69, 9.17) is 12.2 Å². The Kier molecular flexibility index (Phi) is 2.86. The number of amides is 1. The van der Waals surface area contributed by atoms with Gasteiger partial charge in [-0.1, -0.05) is 18.8 Å². The number of hydrogen-bond donors (Lipinski definition) is 2. The van der Waals surface area contributed by atoms with Gasteiger partial charge >= 0.3 is 0 Å².